The predicted molar refractivity (Wildman–Crippen MR) is 101 cm³/mol. The van der Waals surface area contributed by atoms with Gasteiger partial charge in [0.15, 0.2) is 0 Å². The van der Waals surface area contributed by atoms with Crippen molar-refractivity contribution in [1.29, 1.82) is 0 Å². The number of nitrogens with zero attached hydrogens (tertiary/aromatic N) is 2. The van der Waals surface area contributed by atoms with Crippen molar-refractivity contribution in [2.24, 2.45) is 5.92 Å². The smallest absolute Gasteiger partial charge is 0.0564 e. The van der Waals surface area contributed by atoms with Gasteiger partial charge in [0.25, 0.3) is 0 Å². The molecule has 2 saturated heterocycles. The van der Waals surface area contributed by atoms with E-state index in [-0.39, 0.29) is 27.0 Å². The van der Waals surface area contributed by atoms with E-state index in [1.807, 2.05) is 0 Å². The molecule has 2 rings (SSSR count). The lowest BCUT2D eigenvalue weighted by Gasteiger charge is -2.49. The van der Waals surface area contributed by atoms with Crippen LogP contribution in [0.2, 0.25) is 0 Å². The molecule has 2 heterocycles. The van der Waals surface area contributed by atoms with Gasteiger partial charge in [0.2, 0.25) is 0 Å². The zero-order valence-corrected chi connectivity index (χ0v) is 16.3. The van der Waals surface area contributed by atoms with Crippen molar-refractivity contribution >= 4 is 27.0 Å². The lowest BCUT2D eigenvalue weighted by atomic mass is 9.86. The van der Waals surface area contributed by atoms with E-state index in [9.17, 15) is 0 Å². The van der Waals surface area contributed by atoms with Crippen molar-refractivity contribution in [3.05, 3.63) is 0 Å². The molecule has 0 N–H and O–H groups in total. The Labute approximate surface area is 145 Å². The first-order valence-electron chi connectivity index (χ1n) is 8.08. The van der Waals surface area contributed by atoms with Gasteiger partial charge >= 0.3 is 0 Å². The summed E-state index contributed by atoms with van der Waals surface area (Å²) in [7, 11) is 0. The van der Waals surface area contributed by atoms with E-state index in [1.54, 1.807) is 0 Å². The van der Waals surface area contributed by atoms with Crippen molar-refractivity contribution in [3.63, 3.8) is 0 Å². The minimum atomic E-state index is 0. The van der Waals surface area contributed by atoms with E-state index in [2.05, 4.69) is 37.5 Å². The molecule has 0 amide bonds. The molecule has 2 atom stereocenters. The summed E-state index contributed by atoms with van der Waals surface area (Å²) < 4.78 is 5.71. The van der Waals surface area contributed by atoms with Crippen LogP contribution < -0.4 is 0 Å². The quantitative estimate of drug-likeness (QED) is 0.785. The monoisotopic (exact) mass is 336 g/mol. The average Bonchev–Trinajstić information content (AvgIpc) is 2.36. The molecule has 128 valence electrons. The van der Waals surface area contributed by atoms with E-state index < -0.39 is 0 Å². The third-order valence-corrected chi connectivity index (χ3v) is 4.93. The van der Waals surface area contributed by atoms with Crippen LogP contribution >= 0.6 is 27.0 Å². The van der Waals surface area contributed by atoms with Crippen LogP contribution in [0.4, 0.5) is 0 Å². The van der Waals surface area contributed by atoms with Crippen LogP contribution in [-0.2, 0) is 4.74 Å². The molecular weight excluding hydrogens is 300 g/mol. The third kappa shape index (κ3) is 6.30. The summed E-state index contributed by atoms with van der Waals surface area (Å²) in [6.45, 7) is 16.5. The highest BCUT2D eigenvalue weighted by Crippen LogP contribution is 2.31. The van der Waals surface area contributed by atoms with Crippen LogP contribution in [0.5, 0.6) is 0 Å². The van der Waals surface area contributed by atoms with E-state index in [0.29, 0.717) is 11.6 Å². The van der Waals surface area contributed by atoms with Gasteiger partial charge in [-0.05, 0) is 45.6 Å². The second kappa shape index (κ2) is 9.66. The van der Waals surface area contributed by atoms with Crippen molar-refractivity contribution < 1.29 is 4.74 Å². The standard InChI is InChI=1S/C16H32N2O.2H2S/c1-14(2)5-7-17-8-10-18(11-9-17)16(4)6-12-19-15(3)13-16;;/h14-15H,5-13H2,1-4H3;2*1H2/t15-,16-;;/m0../s1. The second-order valence-electron chi connectivity index (χ2n) is 7.14. The highest BCUT2D eigenvalue weighted by Gasteiger charge is 2.37. The maximum Gasteiger partial charge on any atom is 0.0564 e. The minimum Gasteiger partial charge on any atom is -0.378 e. The lowest BCUT2D eigenvalue weighted by molar-refractivity contribution is -0.0714. The number of hydrogen-bond donors (Lipinski definition) is 0. The molecule has 2 aliphatic heterocycles. The van der Waals surface area contributed by atoms with Gasteiger partial charge in [0, 0.05) is 38.3 Å². The number of rotatable bonds is 4. The maximum atomic E-state index is 5.71. The molecule has 2 aliphatic rings. The fraction of sp³-hybridized carbons (Fsp3) is 1.00. The molecule has 0 radical (unpaired) electrons. The number of hydrogen-bond acceptors (Lipinski definition) is 3. The van der Waals surface area contributed by atoms with E-state index in [4.69, 9.17) is 4.74 Å². The Kier molecular flexibility index (Phi) is 9.93. The topological polar surface area (TPSA) is 15.7 Å². The zero-order valence-electron chi connectivity index (χ0n) is 14.3. The van der Waals surface area contributed by atoms with E-state index >= 15 is 0 Å². The first-order valence-corrected chi connectivity index (χ1v) is 8.08. The highest BCUT2D eigenvalue weighted by atomic mass is 32.1. The van der Waals surface area contributed by atoms with Gasteiger partial charge < -0.3 is 9.64 Å². The summed E-state index contributed by atoms with van der Waals surface area (Å²) in [5.74, 6) is 0.826. The predicted octanol–water partition coefficient (Wildman–Crippen LogP) is 2.83. The van der Waals surface area contributed by atoms with Crippen molar-refractivity contribution in [2.75, 3.05) is 39.3 Å². The maximum absolute atomic E-state index is 5.71. The van der Waals surface area contributed by atoms with Crippen molar-refractivity contribution in [1.82, 2.24) is 9.80 Å². The Bertz CT molecular complexity index is 283. The Hall–Kier alpha value is 0.580. The summed E-state index contributed by atoms with van der Waals surface area (Å²) in [6, 6.07) is 0. The third-order valence-electron chi connectivity index (χ3n) is 4.93. The fourth-order valence-electron chi connectivity index (χ4n) is 3.50. The van der Waals surface area contributed by atoms with Gasteiger partial charge in [-0.15, -0.1) is 0 Å². The Balaban J connectivity index is 0.00000200. The Morgan fingerprint density at radius 2 is 1.76 bits per heavy atom. The van der Waals surface area contributed by atoms with Gasteiger partial charge in [-0.25, -0.2) is 0 Å². The molecule has 0 saturated carbocycles. The molecule has 2 fully saturated rings. The number of ether oxygens (including phenoxy) is 1. The van der Waals surface area contributed by atoms with Gasteiger partial charge in [0.1, 0.15) is 0 Å². The first kappa shape index (κ1) is 21.6. The van der Waals surface area contributed by atoms with Crippen LogP contribution in [-0.4, -0.2) is 60.8 Å². The molecule has 0 aromatic heterocycles. The lowest BCUT2D eigenvalue weighted by Crippen LogP contribution is -2.58. The molecule has 0 aliphatic carbocycles. The van der Waals surface area contributed by atoms with Crippen LogP contribution in [0.25, 0.3) is 0 Å². The van der Waals surface area contributed by atoms with Crippen LogP contribution in [0.15, 0.2) is 0 Å². The van der Waals surface area contributed by atoms with E-state index in [1.165, 1.54) is 52.0 Å². The summed E-state index contributed by atoms with van der Waals surface area (Å²) in [6.07, 6.45) is 4.16. The molecule has 5 heteroatoms. The normalized spacial score (nSPS) is 31.6. The molecule has 0 unspecified atom stereocenters. The van der Waals surface area contributed by atoms with Crippen LogP contribution in [0.3, 0.4) is 0 Å². The van der Waals surface area contributed by atoms with Crippen molar-refractivity contribution in [3.8, 4) is 0 Å². The summed E-state index contributed by atoms with van der Waals surface area (Å²) in [5, 5.41) is 0. The summed E-state index contributed by atoms with van der Waals surface area (Å²) >= 11 is 0. The second-order valence-corrected chi connectivity index (χ2v) is 7.14. The largest absolute Gasteiger partial charge is 0.378 e. The van der Waals surface area contributed by atoms with Gasteiger partial charge in [-0.2, -0.15) is 27.0 Å². The highest BCUT2D eigenvalue weighted by molar-refractivity contribution is 7.59. The van der Waals surface area contributed by atoms with E-state index in [0.717, 1.165) is 12.5 Å². The SMILES string of the molecule is CC(C)CCN1CCN([C@@]2(C)CCO[C@@H](C)C2)CC1.S.S. The van der Waals surface area contributed by atoms with Gasteiger partial charge in [-0.1, -0.05) is 13.8 Å². The van der Waals surface area contributed by atoms with Gasteiger partial charge in [0.05, 0.1) is 6.10 Å². The molecule has 3 nitrogen and oxygen atoms in total. The molecule has 0 aromatic rings. The minimum absolute atomic E-state index is 0. The molecule has 0 aromatic carbocycles. The summed E-state index contributed by atoms with van der Waals surface area (Å²) in [5.41, 5.74) is 0.377. The molecule has 0 spiro atoms. The molecule has 0 bridgehead atoms. The average molecular weight is 337 g/mol. The van der Waals surface area contributed by atoms with Crippen LogP contribution in [0, 0.1) is 5.92 Å². The molecule has 21 heavy (non-hydrogen) atoms. The first-order chi connectivity index (χ1) is 8.99. The molecular formula is C16H36N2OS2. The Morgan fingerprint density at radius 1 is 1.14 bits per heavy atom. The summed E-state index contributed by atoms with van der Waals surface area (Å²) in [4.78, 5) is 5.36. The number of piperazine rings is 1. The Morgan fingerprint density at radius 3 is 2.29 bits per heavy atom. The van der Waals surface area contributed by atoms with Crippen LogP contribution in [0.1, 0.15) is 47.0 Å². The fourth-order valence-corrected chi connectivity index (χ4v) is 3.50. The van der Waals surface area contributed by atoms with Crippen molar-refractivity contribution in [2.45, 2.75) is 58.6 Å². The zero-order chi connectivity index (χ0) is 13.9. The van der Waals surface area contributed by atoms with Gasteiger partial charge in [-0.3, -0.25) is 4.90 Å².